The van der Waals surface area contributed by atoms with Crippen LogP contribution < -0.4 is 14.4 Å². The molecule has 0 radical (unpaired) electrons. The summed E-state index contributed by atoms with van der Waals surface area (Å²) >= 11 is 0. The molecule has 8 heteroatoms. The van der Waals surface area contributed by atoms with E-state index in [1.54, 1.807) is 43.2 Å². The van der Waals surface area contributed by atoms with Gasteiger partial charge in [0.15, 0.2) is 5.82 Å². The molecule has 2 heterocycles. The quantitative estimate of drug-likeness (QED) is 0.786. The van der Waals surface area contributed by atoms with Crippen LogP contribution in [0.4, 0.5) is 5.82 Å². The molecule has 8 nitrogen and oxygen atoms in total. The number of likely N-dealkylation sites (tertiary alicyclic amines) is 1. The highest BCUT2D eigenvalue weighted by atomic mass is 16.5. The number of anilines is 1. The number of aryl methyl sites for hydroxylation is 1. The van der Waals surface area contributed by atoms with Crippen molar-refractivity contribution in [2.45, 2.75) is 19.8 Å². The fourth-order valence-corrected chi connectivity index (χ4v) is 2.87. The fourth-order valence-electron chi connectivity index (χ4n) is 2.87. The van der Waals surface area contributed by atoms with Crippen LogP contribution in [0, 0.1) is 6.92 Å². The van der Waals surface area contributed by atoms with Crippen molar-refractivity contribution >= 4 is 17.6 Å². The lowest BCUT2D eigenvalue weighted by atomic mass is 10.1. The number of carbonyl (C=O) groups excluding carboxylic acids is 2. The van der Waals surface area contributed by atoms with Crippen LogP contribution in [0.15, 0.2) is 28.8 Å². The monoisotopic (exact) mass is 359 g/mol. The predicted octanol–water partition coefficient (Wildman–Crippen LogP) is 2.23. The van der Waals surface area contributed by atoms with Crippen LogP contribution in [0.1, 0.15) is 29.0 Å². The predicted molar refractivity (Wildman–Crippen MR) is 93.4 cm³/mol. The lowest BCUT2D eigenvalue weighted by molar-refractivity contribution is -0.127. The number of nitrogens with zero attached hydrogens (tertiary/aromatic N) is 3. The van der Waals surface area contributed by atoms with Gasteiger partial charge in [-0.2, -0.15) is 0 Å². The van der Waals surface area contributed by atoms with Gasteiger partial charge in [-0.25, -0.2) is 0 Å². The first-order valence-electron chi connectivity index (χ1n) is 8.28. The van der Waals surface area contributed by atoms with Crippen LogP contribution >= 0.6 is 0 Å². The second-order valence-electron chi connectivity index (χ2n) is 6.00. The minimum absolute atomic E-state index is 0.0183. The third-order valence-corrected chi connectivity index (χ3v) is 4.26. The Bertz CT molecular complexity index is 817. The fraction of sp³-hybridized carbons (Fsp3) is 0.389. The molecule has 0 saturated carbocycles. The van der Waals surface area contributed by atoms with Gasteiger partial charge >= 0.3 is 0 Å². The molecule has 26 heavy (non-hydrogen) atoms. The van der Waals surface area contributed by atoms with Gasteiger partial charge in [0, 0.05) is 25.1 Å². The van der Waals surface area contributed by atoms with Gasteiger partial charge in [0.05, 0.1) is 19.8 Å². The van der Waals surface area contributed by atoms with E-state index in [1.807, 2.05) is 0 Å². The zero-order valence-electron chi connectivity index (χ0n) is 15.0. The second-order valence-corrected chi connectivity index (χ2v) is 6.00. The highest BCUT2D eigenvalue weighted by Crippen LogP contribution is 2.28. The van der Waals surface area contributed by atoms with Crippen LogP contribution in [0.3, 0.4) is 0 Å². The van der Waals surface area contributed by atoms with E-state index in [-0.39, 0.29) is 18.5 Å². The average molecular weight is 359 g/mol. The van der Waals surface area contributed by atoms with Gasteiger partial charge < -0.3 is 18.9 Å². The van der Waals surface area contributed by atoms with E-state index < -0.39 is 0 Å². The largest absolute Gasteiger partial charge is 0.497 e. The summed E-state index contributed by atoms with van der Waals surface area (Å²) in [7, 11) is 3.03. The smallest absolute Gasteiger partial charge is 0.264 e. The van der Waals surface area contributed by atoms with Crippen molar-refractivity contribution in [2.75, 3.05) is 32.3 Å². The summed E-state index contributed by atoms with van der Waals surface area (Å²) in [5.74, 6) is 1.57. The van der Waals surface area contributed by atoms with Crippen molar-refractivity contribution in [3.8, 4) is 11.5 Å². The lowest BCUT2D eigenvalue weighted by Crippen LogP contribution is -2.42. The second kappa shape index (κ2) is 7.47. The Balaban J connectivity index is 1.95. The number of amides is 2. The molecule has 1 aliphatic heterocycles. The summed E-state index contributed by atoms with van der Waals surface area (Å²) in [5.41, 5.74) is 0.348. The summed E-state index contributed by atoms with van der Waals surface area (Å²) < 4.78 is 15.6. The maximum absolute atomic E-state index is 13.2. The molecule has 0 aliphatic carbocycles. The van der Waals surface area contributed by atoms with Crippen molar-refractivity contribution < 1.29 is 23.6 Å². The number of hydrogen-bond donors (Lipinski definition) is 0. The summed E-state index contributed by atoms with van der Waals surface area (Å²) in [6, 6.07) is 6.61. The number of carbonyl (C=O) groups is 2. The van der Waals surface area contributed by atoms with Crippen LogP contribution in [-0.2, 0) is 4.79 Å². The van der Waals surface area contributed by atoms with E-state index in [4.69, 9.17) is 14.0 Å². The zero-order chi connectivity index (χ0) is 18.7. The molecule has 3 rings (SSSR count). The number of benzene rings is 1. The average Bonchev–Trinajstić information content (AvgIpc) is 3.26. The summed E-state index contributed by atoms with van der Waals surface area (Å²) in [5, 5.41) is 3.95. The minimum atomic E-state index is -0.336. The molecule has 0 unspecified atom stereocenters. The number of aromatic nitrogens is 1. The maximum atomic E-state index is 13.2. The van der Waals surface area contributed by atoms with Gasteiger partial charge in [0.25, 0.3) is 5.91 Å². The summed E-state index contributed by atoms with van der Waals surface area (Å²) in [6.07, 6.45) is 1.27. The number of hydrogen-bond acceptors (Lipinski definition) is 6. The lowest BCUT2D eigenvalue weighted by Gasteiger charge is -2.26. The Morgan fingerprint density at radius 1 is 1.31 bits per heavy atom. The molecule has 0 atom stereocenters. The van der Waals surface area contributed by atoms with Gasteiger partial charge in [0.1, 0.15) is 23.9 Å². The van der Waals surface area contributed by atoms with Crippen molar-refractivity contribution in [1.82, 2.24) is 10.1 Å². The summed E-state index contributed by atoms with van der Waals surface area (Å²) in [6.45, 7) is 2.46. The molecule has 2 aromatic rings. The molecule has 1 aromatic heterocycles. The first-order chi connectivity index (χ1) is 12.5. The van der Waals surface area contributed by atoms with E-state index in [0.29, 0.717) is 41.6 Å². The maximum Gasteiger partial charge on any atom is 0.264 e. The van der Waals surface area contributed by atoms with Crippen LogP contribution in [-0.4, -0.2) is 49.3 Å². The molecule has 138 valence electrons. The highest BCUT2D eigenvalue weighted by molar-refractivity contribution is 6.07. The Kier molecular flexibility index (Phi) is 5.11. The number of rotatable bonds is 6. The first kappa shape index (κ1) is 17.8. The molecule has 0 spiro atoms. The van der Waals surface area contributed by atoms with Crippen LogP contribution in [0.5, 0.6) is 11.5 Å². The minimum Gasteiger partial charge on any atom is -0.497 e. The molecule has 1 aromatic carbocycles. The topological polar surface area (TPSA) is 85.1 Å². The molecule has 2 amide bonds. The first-order valence-corrected chi connectivity index (χ1v) is 8.28. The van der Waals surface area contributed by atoms with Crippen molar-refractivity contribution in [2.24, 2.45) is 0 Å². The van der Waals surface area contributed by atoms with Crippen LogP contribution in [0.2, 0.25) is 0 Å². The molecule has 1 fully saturated rings. The molecule has 0 N–H and O–H groups in total. The van der Waals surface area contributed by atoms with E-state index in [1.165, 1.54) is 12.0 Å². The Labute approximate surface area is 151 Å². The van der Waals surface area contributed by atoms with E-state index in [0.717, 1.165) is 6.42 Å². The van der Waals surface area contributed by atoms with Crippen molar-refractivity contribution in [3.63, 3.8) is 0 Å². The van der Waals surface area contributed by atoms with E-state index >= 15 is 0 Å². The van der Waals surface area contributed by atoms with Crippen LogP contribution in [0.25, 0.3) is 0 Å². The van der Waals surface area contributed by atoms with Gasteiger partial charge in [-0.05, 0) is 25.5 Å². The van der Waals surface area contributed by atoms with E-state index in [2.05, 4.69) is 5.16 Å². The molecule has 0 bridgehead atoms. The third kappa shape index (κ3) is 3.49. The normalized spacial score (nSPS) is 13.8. The highest BCUT2D eigenvalue weighted by Gasteiger charge is 2.29. The summed E-state index contributed by atoms with van der Waals surface area (Å²) in [4.78, 5) is 28.3. The van der Waals surface area contributed by atoms with E-state index in [9.17, 15) is 9.59 Å². The van der Waals surface area contributed by atoms with Crippen molar-refractivity contribution in [3.05, 3.63) is 35.6 Å². The molecule has 1 aliphatic rings. The Morgan fingerprint density at radius 3 is 2.69 bits per heavy atom. The number of ether oxygens (including phenoxy) is 2. The SMILES string of the molecule is COc1ccc(C(=O)N(CN2CCCC2=O)c2cc(C)on2)c(OC)c1. The van der Waals surface area contributed by atoms with Crippen molar-refractivity contribution in [1.29, 1.82) is 0 Å². The third-order valence-electron chi connectivity index (χ3n) is 4.26. The van der Waals surface area contributed by atoms with Gasteiger partial charge in [-0.1, -0.05) is 5.16 Å². The van der Waals surface area contributed by atoms with Gasteiger partial charge in [-0.3, -0.25) is 14.5 Å². The van der Waals surface area contributed by atoms with Gasteiger partial charge in [-0.15, -0.1) is 0 Å². The number of methoxy groups -OCH3 is 2. The molecular formula is C18H21N3O5. The zero-order valence-corrected chi connectivity index (χ0v) is 15.0. The Hall–Kier alpha value is -3.03. The Morgan fingerprint density at radius 2 is 2.12 bits per heavy atom. The standard InChI is InChI=1S/C18H21N3O5/c1-12-9-16(19-26-12)21(11-20-8-4-5-17(20)22)18(23)14-7-6-13(24-2)10-15(14)25-3/h6-7,9-10H,4-5,8,11H2,1-3H3. The molecular weight excluding hydrogens is 338 g/mol. The molecule has 1 saturated heterocycles. The van der Waals surface area contributed by atoms with Gasteiger partial charge in [0.2, 0.25) is 5.91 Å².